The van der Waals surface area contributed by atoms with Gasteiger partial charge in [0, 0.05) is 6.07 Å². The van der Waals surface area contributed by atoms with E-state index in [0.29, 0.717) is 16.7 Å². The van der Waals surface area contributed by atoms with Gasteiger partial charge in [-0.1, -0.05) is 18.7 Å². The third-order valence-electron chi connectivity index (χ3n) is 4.12. The van der Waals surface area contributed by atoms with Crippen LogP contribution in [0.5, 0.6) is 5.75 Å². The van der Waals surface area contributed by atoms with Gasteiger partial charge < -0.3 is 10.4 Å². The number of phenolic OH excluding ortho intramolecular Hbond substituents is 1. The van der Waals surface area contributed by atoms with Gasteiger partial charge in [-0.2, -0.15) is 9.78 Å². The number of amides is 1. The Morgan fingerprint density at radius 1 is 1.26 bits per heavy atom. The Hall–Kier alpha value is -2.88. The Kier molecular flexibility index (Phi) is 5.75. The van der Waals surface area contributed by atoms with E-state index >= 15 is 0 Å². The number of hydrogen-bond acceptors (Lipinski definition) is 7. The Bertz CT molecular complexity index is 906. The number of phenols is 1. The number of tetrazole rings is 1. The summed E-state index contributed by atoms with van der Waals surface area (Å²) in [4.78, 5) is 12.6. The Balaban J connectivity index is 1.70. The lowest BCUT2D eigenvalue weighted by Gasteiger charge is -2.16. The van der Waals surface area contributed by atoms with E-state index in [-0.39, 0.29) is 17.7 Å². The molecule has 0 saturated heterocycles. The van der Waals surface area contributed by atoms with E-state index in [1.54, 1.807) is 48.1 Å². The first-order valence-corrected chi connectivity index (χ1v) is 9.46. The van der Waals surface area contributed by atoms with Crippen LogP contribution in [0.1, 0.15) is 33.2 Å². The molecule has 0 spiro atoms. The smallest absolute Gasteiger partial charge is 0.238 e. The molecule has 2 atom stereocenters. The summed E-state index contributed by atoms with van der Waals surface area (Å²) in [6.45, 7) is 5.91. The van der Waals surface area contributed by atoms with Gasteiger partial charge in [-0.15, -0.1) is 5.10 Å². The van der Waals surface area contributed by atoms with Gasteiger partial charge in [0.2, 0.25) is 11.1 Å². The summed E-state index contributed by atoms with van der Waals surface area (Å²) in [5.74, 6) is 0.664. The lowest BCUT2D eigenvalue weighted by molar-refractivity contribution is -0.115. The first kappa shape index (κ1) is 18.9. The normalized spacial score (nSPS) is 13.3. The third-order valence-corrected chi connectivity index (χ3v) is 5.15. The minimum Gasteiger partial charge on any atom is -0.508 e. The molecule has 0 bridgehead atoms. The van der Waals surface area contributed by atoms with Gasteiger partial charge >= 0.3 is 0 Å². The summed E-state index contributed by atoms with van der Waals surface area (Å²) in [6, 6.07) is 8.48. The molecule has 9 nitrogen and oxygen atoms in total. The van der Waals surface area contributed by atoms with Gasteiger partial charge in [-0.25, -0.2) is 4.68 Å². The van der Waals surface area contributed by atoms with Crippen molar-refractivity contribution in [2.24, 2.45) is 0 Å². The molecular formula is C17H21N7O2S. The maximum Gasteiger partial charge on any atom is 0.238 e. The van der Waals surface area contributed by atoms with Gasteiger partial charge in [0.25, 0.3) is 0 Å². The zero-order valence-corrected chi connectivity index (χ0v) is 16.1. The highest BCUT2D eigenvalue weighted by atomic mass is 32.2. The lowest BCUT2D eigenvalue weighted by Crippen LogP contribution is -2.25. The highest BCUT2D eigenvalue weighted by Gasteiger charge is 2.21. The van der Waals surface area contributed by atoms with E-state index in [4.69, 9.17) is 0 Å². The van der Waals surface area contributed by atoms with Crippen LogP contribution in [-0.2, 0) is 4.79 Å². The van der Waals surface area contributed by atoms with Crippen molar-refractivity contribution in [1.82, 2.24) is 30.0 Å². The fourth-order valence-corrected chi connectivity index (χ4v) is 3.19. The van der Waals surface area contributed by atoms with E-state index in [9.17, 15) is 9.90 Å². The van der Waals surface area contributed by atoms with Crippen molar-refractivity contribution in [2.75, 3.05) is 5.32 Å². The molecule has 1 amide bonds. The number of carbonyl (C=O) groups is 1. The zero-order chi connectivity index (χ0) is 19.4. The fraction of sp³-hybridized carbons (Fsp3) is 0.353. The Morgan fingerprint density at radius 3 is 2.70 bits per heavy atom. The number of nitrogens with one attached hydrogen (secondary N) is 1. The molecular weight excluding hydrogens is 366 g/mol. The largest absolute Gasteiger partial charge is 0.508 e. The molecule has 0 radical (unpaired) electrons. The number of aromatic hydroxyl groups is 1. The molecule has 0 aliphatic rings. The average Bonchev–Trinajstić information content (AvgIpc) is 3.31. The molecule has 0 aliphatic carbocycles. The van der Waals surface area contributed by atoms with Gasteiger partial charge in [-0.05, 0) is 55.0 Å². The second-order valence-electron chi connectivity index (χ2n) is 6.06. The van der Waals surface area contributed by atoms with Gasteiger partial charge in [0.1, 0.15) is 11.6 Å². The molecule has 27 heavy (non-hydrogen) atoms. The molecule has 142 valence electrons. The average molecular weight is 387 g/mol. The molecule has 10 heteroatoms. The molecule has 0 aliphatic heterocycles. The van der Waals surface area contributed by atoms with E-state index < -0.39 is 5.25 Å². The zero-order valence-electron chi connectivity index (χ0n) is 15.3. The number of aromatic nitrogens is 6. The standard InChI is InChI=1S/C17H21N7O2S/c1-4-11(2)23-15(9-10-18-23)19-16(26)12(3)27-17-20-21-22-24(17)13-5-7-14(25)8-6-13/h5-12,25H,4H2,1-3H3,(H,19,26)/t11-,12+/m0/s1. The minimum absolute atomic E-state index is 0.159. The Morgan fingerprint density at radius 2 is 2.00 bits per heavy atom. The summed E-state index contributed by atoms with van der Waals surface area (Å²) in [7, 11) is 0. The number of hydrogen-bond donors (Lipinski definition) is 2. The van der Waals surface area contributed by atoms with Crippen LogP contribution in [0.2, 0.25) is 0 Å². The minimum atomic E-state index is -0.424. The van der Waals surface area contributed by atoms with E-state index in [2.05, 4.69) is 32.9 Å². The van der Waals surface area contributed by atoms with E-state index in [1.807, 2.05) is 6.92 Å². The van der Waals surface area contributed by atoms with Crippen LogP contribution in [0.3, 0.4) is 0 Å². The van der Waals surface area contributed by atoms with Crippen molar-refractivity contribution in [3.05, 3.63) is 36.5 Å². The van der Waals surface area contributed by atoms with Crippen molar-refractivity contribution in [3.63, 3.8) is 0 Å². The quantitative estimate of drug-likeness (QED) is 0.600. The highest BCUT2D eigenvalue weighted by Crippen LogP contribution is 2.25. The van der Waals surface area contributed by atoms with Crippen molar-refractivity contribution < 1.29 is 9.90 Å². The van der Waals surface area contributed by atoms with Gasteiger partial charge in [0.05, 0.1) is 23.2 Å². The van der Waals surface area contributed by atoms with E-state index in [1.165, 1.54) is 16.4 Å². The number of nitrogens with zero attached hydrogens (tertiary/aromatic N) is 6. The van der Waals surface area contributed by atoms with Crippen LogP contribution in [0.25, 0.3) is 5.69 Å². The molecule has 2 heterocycles. The predicted molar refractivity (Wildman–Crippen MR) is 102 cm³/mol. The third kappa shape index (κ3) is 4.27. The highest BCUT2D eigenvalue weighted by molar-refractivity contribution is 8.00. The molecule has 2 N–H and O–H groups in total. The summed E-state index contributed by atoms with van der Waals surface area (Å²) in [5, 5.41) is 28.3. The van der Waals surface area contributed by atoms with Gasteiger partial charge in [-0.3, -0.25) is 4.79 Å². The summed E-state index contributed by atoms with van der Waals surface area (Å²) < 4.78 is 3.33. The van der Waals surface area contributed by atoms with Crippen LogP contribution in [0, 0.1) is 0 Å². The number of thioether (sulfide) groups is 1. The van der Waals surface area contributed by atoms with Crippen LogP contribution < -0.4 is 5.32 Å². The molecule has 0 saturated carbocycles. The van der Waals surface area contributed by atoms with Crippen LogP contribution in [0.15, 0.2) is 41.7 Å². The van der Waals surface area contributed by atoms with Crippen LogP contribution in [-0.4, -0.2) is 46.3 Å². The van der Waals surface area contributed by atoms with Crippen molar-refractivity contribution >= 4 is 23.5 Å². The molecule has 0 unspecified atom stereocenters. The summed E-state index contributed by atoms with van der Waals surface area (Å²) in [5.41, 5.74) is 0.697. The molecule has 1 aromatic carbocycles. The number of rotatable bonds is 7. The number of benzene rings is 1. The fourth-order valence-electron chi connectivity index (χ4n) is 2.39. The lowest BCUT2D eigenvalue weighted by atomic mass is 10.3. The molecule has 3 aromatic rings. The van der Waals surface area contributed by atoms with Crippen molar-refractivity contribution in [1.29, 1.82) is 0 Å². The number of anilines is 1. The van der Waals surface area contributed by atoms with Crippen LogP contribution >= 0.6 is 11.8 Å². The monoisotopic (exact) mass is 387 g/mol. The topological polar surface area (TPSA) is 111 Å². The second-order valence-corrected chi connectivity index (χ2v) is 7.37. The Labute approximate surface area is 160 Å². The van der Waals surface area contributed by atoms with Crippen molar-refractivity contribution in [3.8, 4) is 11.4 Å². The summed E-state index contributed by atoms with van der Waals surface area (Å²) in [6.07, 6.45) is 2.58. The first-order valence-electron chi connectivity index (χ1n) is 8.58. The maximum absolute atomic E-state index is 12.6. The maximum atomic E-state index is 12.6. The SMILES string of the molecule is CC[C@H](C)n1nccc1NC(=O)[C@@H](C)Sc1nnnn1-c1ccc(O)cc1. The number of carbonyl (C=O) groups excluding carboxylic acids is 1. The van der Waals surface area contributed by atoms with E-state index in [0.717, 1.165) is 6.42 Å². The second kappa shape index (κ2) is 8.21. The molecule has 0 fully saturated rings. The molecule has 2 aromatic heterocycles. The van der Waals surface area contributed by atoms with Crippen molar-refractivity contribution in [2.45, 2.75) is 43.6 Å². The van der Waals surface area contributed by atoms with Crippen LogP contribution in [0.4, 0.5) is 5.82 Å². The first-order chi connectivity index (χ1) is 13.0. The predicted octanol–water partition coefficient (Wildman–Crippen LogP) is 2.65. The van der Waals surface area contributed by atoms with Gasteiger partial charge in [0.15, 0.2) is 0 Å². The summed E-state index contributed by atoms with van der Waals surface area (Å²) >= 11 is 1.25. The molecule has 3 rings (SSSR count).